The molecule has 0 aliphatic carbocycles. The highest BCUT2D eigenvalue weighted by molar-refractivity contribution is 6.35. The zero-order valence-corrected chi connectivity index (χ0v) is 11.3. The predicted octanol–water partition coefficient (Wildman–Crippen LogP) is 4.59. The molecule has 1 nitrogen and oxygen atoms in total. The monoisotopic (exact) mass is 262 g/mol. The van der Waals surface area contributed by atoms with Crippen LogP contribution in [0, 0.1) is 0 Å². The zero-order chi connectivity index (χ0) is 12.8. The minimum Gasteiger partial charge on any atom is -0.396 e. The van der Waals surface area contributed by atoms with Crippen molar-refractivity contribution in [3.05, 3.63) is 47.0 Å². The van der Waals surface area contributed by atoms with Crippen LogP contribution in [0.3, 0.4) is 0 Å². The van der Waals surface area contributed by atoms with Crippen molar-refractivity contribution in [2.75, 3.05) is 6.61 Å². The molecule has 0 heterocycles. The average molecular weight is 263 g/mol. The van der Waals surface area contributed by atoms with Gasteiger partial charge in [-0.15, -0.1) is 0 Å². The fraction of sp³-hybridized carbons (Fsp3) is 0.375. The number of unbranched alkanes of at least 4 members (excludes halogenated alkanes) is 3. The van der Waals surface area contributed by atoms with Gasteiger partial charge in [0.2, 0.25) is 0 Å². The van der Waals surface area contributed by atoms with Gasteiger partial charge < -0.3 is 5.11 Å². The molecule has 0 fully saturated rings. The molecule has 0 radical (unpaired) electrons. The molecule has 1 N–H and O–H groups in total. The van der Waals surface area contributed by atoms with Gasteiger partial charge in [-0.25, -0.2) is 0 Å². The summed E-state index contributed by atoms with van der Waals surface area (Å²) < 4.78 is 0. The van der Waals surface area contributed by atoms with Gasteiger partial charge in [0.1, 0.15) is 0 Å². The Hall–Kier alpha value is -1.05. The van der Waals surface area contributed by atoms with E-state index in [1.165, 1.54) is 23.8 Å². The molecule has 0 aliphatic heterocycles. The Morgan fingerprint density at radius 3 is 2.39 bits per heavy atom. The number of hydrogen-bond acceptors (Lipinski definition) is 1. The third-order valence-corrected chi connectivity index (χ3v) is 3.64. The summed E-state index contributed by atoms with van der Waals surface area (Å²) in [5, 5.41) is 12.0. The van der Waals surface area contributed by atoms with Crippen LogP contribution in [-0.2, 0) is 6.42 Å². The fourth-order valence-electron chi connectivity index (χ4n) is 2.34. The molecule has 0 aliphatic rings. The van der Waals surface area contributed by atoms with Crippen LogP contribution in [0.4, 0.5) is 0 Å². The van der Waals surface area contributed by atoms with E-state index >= 15 is 0 Å². The zero-order valence-electron chi connectivity index (χ0n) is 10.5. The summed E-state index contributed by atoms with van der Waals surface area (Å²) in [6.45, 7) is 0.309. The molecule has 2 aromatic carbocycles. The van der Waals surface area contributed by atoms with Crippen molar-refractivity contribution in [3.8, 4) is 0 Å². The first-order valence-corrected chi connectivity index (χ1v) is 6.97. The molecule has 0 saturated heterocycles. The Morgan fingerprint density at radius 2 is 1.56 bits per heavy atom. The van der Waals surface area contributed by atoms with Crippen LogP contribution in [0.1, 0.15) is 31.2 Å². The molecule has 0 spiro atoms. The van der Waals surface area contributed by atoms with E-state index in [4.69, 9.17) is 16.7 Å². The normalized spacial score (nSPS) is 11.0. The maximum Gasteiger partial charge on any atom is 0.0484 e. The van der Waals surface area contributed by atoms with E-state index in [1.54, 1.807) is 0 Å². The van der Waals surface area contributed by atoms with E-state index in [9.17, 15) is 0 Å². The van der Waals surface area contributed by atoms with Crippen molar-refractivity contribution in [1.82, 2.24) is 0 Å². The number of rotatable bonds is 6. The summed E-state index contributed by atoms with van der Waals surface area (Å²) in [5.74, 6) is 0. The standard InChI is InChI=1S/C16H19ClO/c17-16-11-6-9-14-13(8-5-10-15(14)16)7-3-1-2-4-12-18/h5-6,8-11,18H,1-4,7,12H2. The lowest BCUT2D eigenvalue weighted by Gasteiger charge is -2.07. The van der Waals surface area contributed by atoms with Crippen molar-refractivity contribution >= 4 is 22.4 Å². The van der Waals surface area contributed by atoms with Gasteiger partial charge >= 0.3 is 0 Å². The van der Waals surface area contributed by atoms with Crippen LogP contribution in [-0.4, -0.2) is 11.7 Å². The number of fused-ring (bicyclic) bond motifs is 1. The van der Waals surface area contributed by atoms with Crippen molar-refractivity contribution in [2.45, 2.75) is 32.1 Å². The summed E-state index contributed by atoms with van der Waals surface area (Å²) in [6.07, 6.45) is 5.47. The molecule has 2 heteroatoms. The predicted molar refractivity (Wildman–Crippen MR) is 78.2 cm³/mol. The van der Waals surface area contributed by atoms with Gasteiger partial charge in [0.25, 0.3) is 0 Å². The molecule has 2 rings (SSSR count). The van der Waals surface area contributed by atoms with E-state index < -0.39 is 0 Å². The second-order valence-electron chi connectivity index (χ2n) is 4.64. The lowest BCUT2D eigenvalue weighted by atomic mass is 9.99. The quantitative estimate of drug-likeness (QED) is 0.755. The number of aryl methyl sites for hydroxylation is 1. The van der Waals surface area contributed by atoms with Crippen LogP contribution in [0.25, 0.3) is 10.8 Å². The lowest BCUT2D eigenvalue weighted by molar-refractivity contribution is 0.282. The molecule has 0 atom stereocenters. The van der Waals surface area contributed by atoms with Gasteiger partial charge in [-0.2, -0.15) is 0 Å². The Labute approximate surface area is 113 Å². The minimum atomic E-state index is 0.309. The smallest absolute Gasteiger partial charge is 0.0484 e. The maximum absolute atomic E-state index is 8.74. The first kappa shape index (κ1) is 13.4. The molecule has 0 saturated carbocycles. The fourth-order valence-corrected chi connectivity index (χ4v) is 2.57. The van der Waals surface area contributed by atoms with Crippen LogP contribution < -0.4 is 0 Å². The van der Waals surface area contributed by atoms with Crippen LogP contribution >= 0.6 is 11.6 Å². The highest BCUT2D eigenvalue weighted by atomic mass is 35.5. The number of aliphatic hydroxyl groups is 1. The minimum absolute atomic E-state index is 0.309. The summed E-state index contributed by atoms with van der Waals surface area (Å²) in [6, 6.07) is 12.4. The summed E-state index contributed by atoms with van der Waals surface area (Å²) in [4.78, 5) is 0. The molecular formula is C16H19ClO. The molecule has 0 bridgehead atoms. The van der Waals surface area contributed by atoms with Crippen molar-refractivity contribution in [1.29, 1.82) is 0 Å². The second-order valence-corrected chi connectivity index (χ2v) is 5.05. The van der Waals surface area contributed by atoms with Gasteiger partial charge in [0.05, 0.1) is 0 Å². The lowest BCUT2D eigenvalue weighted by Crippen LogP contribution is -1.89. The molecule has 0 amide bonds. The summed E-state index contributed by atoms with van der Waals surface area (Å²) in [5.41, 5.74) is 1.37. The third kappa shape index (κ3) is 3.24. The SMILES string of the molecule is OCCCCCCc1cccc2c(Cl)cccc12. The Bertz CT molecular complexity index is 507. The van der Waals surface area contributed by atoms with Crippen molar-refractivity contribution in [2.24, 2.45) is 0 Å². The number of hydrogen-bond donors (Lipinski definition) is 1. The molecule has 2 aromatic rings. The molecule has 0 aromatic heterocycles. The second kappa shape index (κ2) is 6.77. The average Bonchev–Trinajstić information content (AvgIpc) is 2.39. The van der Waals surface area contributed by atoms with E-state index in [1.807, 2.05) is 12.1 Å². The van der Waals surface area contributed by atoms with Gasteiger partial charge in [0.15, 0.2) is 0 Å². The van der Waals surface area contributed by atoms with Gasteiger partial charge in [0, 0.05) is 17.0 Å². The van der Waals surface area contributed by atoms with Crippen molar-refractivity contribution < 1.29 is 5.11 Å². The Morgan fingerprint density at radius 1 is 0.833 bits per heavy atom. The highest BCUT2D eigenvalue weighted by Crippen LogP contribution is 2.26. The number of benzene rings is 2. The highest BCUT2D eigenvalue weighted by Gasteiger charge is 2.03. The van der Waals surface area contributed by atoms with Gasteiger partial charge in [-0.3, -0.25) is 0 Å². The van der Waals surface area contributed by atoms with Crippen LogP contribution in [0.5, 0.6) is 0 Å². The number of halogens is 1. The Balaban J connectivity index is 2.07. The van der Waals surface area contributed by atoms with Crippen LogP contribution in [0.15, 0.2) is 36.4 Å². The largest absolute Gasteiger partial charge is 0.396 e. The first-order chi connectivity index (χ1) is 8.83. The van der Waals surface area contributed by atoms with Gasteiger partial charge in [-0.1, -0.05) is 54.8 Å². The molecule has 96 valence electrons. The van der Waals surface area contributed by atoms with E-state index in [-0.39, 0.29) is 0 Å². The Kier molecular flexibility index (Phi) is 5.03. The third-order valence-electron chi connectivity index (χ3n) is 3.31. The summed E-state index contributed by atoms with van der Waals surface area (Å²) in [7, 11) is 0. The van der Waals surface area contributed by atoms with Crippen molar-refractivity contribution in [3.63, 3.8) is 0 Å². The topological polar surface area (TPSA) is 20.2 Å². The molecule has 18 heavy (non-hydrogen) atoms. The van der Waals surface area contributed by atoms with Gasteiger partial charge in [-0.05, 0) is 36.3 Å². The summed E-state index contributed by atoms with van der Waals surface area (Å²) >= 11 is 6.20. The number of aliphatic hydroxyl groups excluding tert-OH is 1. The van der Waals surface area contributed by atoms with Crippen LogP contribution in [0.2, 0.25) is 5.02 Å². The van der Waals surface area contributed by atoms with E-state index in [2.05, 4.69) is 24.3 Å². The first-order valence-electron chi connectivity index (χ1n) is 6.60. The van der Waals surface area contributed by atoms with E-state index in [0.29, 0.717) is 6.61 Å². The van der Waals surface area contributed by atoms with E-state index in [0.717, 1.165) is 29.7 Å². The maximum atomic E-state index is 8.74. The molecular weight excluding hydrogens is 244 g/mol. The molecule has 0 unspecified atom stereocenters.